The molecule has 0 aliphatic carbocycles. The molecule has 0 saturated heterocycles. The normalized spacial score (nSPS) is 10.7. The van der Waals surface area contributed by atoms with Crippen molar-refractivity contribution in [1.29, 1.82) is 0 Å². The van der Waals surface area contributed by atoms with Crippen molar-refractivity contribution in [2.75, 3.05) is 25.3 Å². The number of aromatic nitrogens is 2. The molecule has 0 atom stereocenters. The minimum atomic E-state index is -0.100. The topological polar surface area (TPSA) is 65.4 Å². The van der Waals surface area contributed by atoms with E-state index < -0.39 is 0 Å². The number of nitrogens with zero attached hydrogens (tertiary/aromatic N) is 2. The van der Waals surface area contributed by atoms with Crippen molar-refractivity contribution in [2.24, 2.45) is 0 Å². The highest BCUT2D eigenvalue weighted by Gasteiger charge is 2.12. The first-order valence-electron chi connectivity index (χ1n) is 8.26. The predicted octanol–water partition coefficient (Wildman–Crippen LogP) is 3.80. The van der Waals surface area contributed by atoms with Crippen LogP contribution in [0.15, 0.2) is 47.6 Å². The Hall–Kier alpha value is -2.67. The lowest BCUT2D eigenvalue weighted by molar-refractivity contribution is -0.113. The average molecular weight is 371 g/mol. The third-order valence-electron chi connectivity index (χ3n) is 3.94. The van der Waals surface area contributed by atoms with E-state index in [1.165, 1.54) is 11.8 Å². The summed E-state index contributed by atoms with van der Waals surface area (Å²) in [6.45, 7) is 2.88. The van der Waals surface area contributed by atoms with Gasteiger partial charge in [-0.1, -0.05) is 23.9 Å². The predicted molar refractivity (Wildman–Crippen MR) is 104 cm³/mol. The summed E-state index contributed by atoms with van der Waals surface area (Å²) in [6.07, 6.45) is 0. The molecule has 0 spiro atoms. The molecule has 1 aromatic heterocycles. The van der Waals surface area contributed by atoms with Gasteiger partial charge < -0.3 is 19.4 Å². The highest BCUT2D eigenvalue weighted by molar-refractivity contribution is 7.99. The zero-order chi connectivity index (χ0) is 18.5. The van der Waals surface area contributed by atoms with Crippen molar-refractivity contribution < 1.29 is 14.3 Å². The number of aryl methyl sites for hydroxylation is 1. The molecule has 1 heterocycles. The number of fused-ring (bicyclic) bond motifs is 1. The van der Waals surface area contributed by atoms with Gasteiger partial charge in [-0.3, -0.25) is 4.79 Å². The van der Waals surface area contributed by atoms with Gasteiger partial charge in [-0.05, 0) is 31.2 Å². The largest absolute Gasteiger partial charge is 0.493 e. The molecule has 0 radical (unpaired) electrons. The van der Waals surface area contributed by atoms with Crippen LogP contribution in [-0.2, 0) is 11.3 Å². The van der Waals surface area contributed by atoms with E-state index in [0.29, 0.717) is 17.2 Å². The van der Waals surface area contributed by atoms with E-state index in [1.807, 2.05) is 24.3 Å². The Bertz CT molecular complexity index is 924. The van der Waals surface area contributed by atoms with Crippen LogP contribution in [-0.4, -0.2) is 35.4 Å². The molecule has 136 valence electrons. The fraction of sp³-hybridized carbons (Fsp3) is 0.263. The number of benzene rings is 2. The van der Waals surface area contributed by atoms with Crippen molar-refractivity contribution in [3.63, 3.8) is 0 Å². The minimum Gasteiger partial charge on any atom is -0.493 e. The number of carbonyl (C=O) groups is 1. The zero-order valence-electron chi connectivity index (χ0n) is 15.0. The Labute approximate surface area is 156 Å². The Kier molecular flexibility index (Phi) is 5.68. The summed E-state index contributed by atoms with van der Waals surface area (Å²) in [5.74, 6) is 1.37. The van der Waals surface area contributed by atoms with Crippen molar-refractivity contribution >= 4 is 34.4 Å². The maximum Gasteiger partial charge on any atom is 0.234 e. The number of thioether (sulfide) groups is 1. The first-order chi connectivity index (χ1) is 12.7. The van der Waals surface area contributed by atoms with Crippen LogP contribution in [0.3, 0.4) is 0 Å². The Morgan fingerprint density at radius 3 is 2.65 bits per heavy atom. The second-order valence-electron chi connectivity index (χ2n) is 5.53. The number of anilines is 1. The smallest absolute Gasteiger partial charge is 0.234 e. The molecule has 1 amide bonds. The van der Waals surface area contributed by atoms with Crippen LogP contribution in [0.25, 0.3) is 11.0 Å². The molecule has 6 nitrogen and oxygen atoms in total. The molecule has 7 heteroatoms. The van der Waals surface area contributed by atoms with Crippen LogP contribution < -0.4 is 14.8 Å². The summed E-state index contributed by atoms with van der Waals surface area (Å²) in [5.41, 5.74) is 2.69. The summed E-state index contributed by atoms with van der Waals surface area (Å²) in [4.78, 5) is 16.9. The number of para-hydroxylation sites is 2. The first-order valence-corrected chi connectivity index (χ1v) is 9.24. The number of methoxy groups -OCH3 is 2. The molecule has 2 aromatic carbocycles. The van der Waals surface area contributed by atoms with Crippen LogP contribution in [0.5, 0.6) is 11.5 Å². The molecule has 0 aliphatic heterocycles. The molecule has 3 rings (SSSR count). The van der Waals surface area contributed by atoms with E-state index in [0.717, 1.165) is 22.7 Å². The summed E-state index contributed by atoms with van der Waals surface area (Å²) < 4.78 is 12.6. The maximum atomic E-state index is 12.3. The molecule has 1 N–H and O–H groups in total. The quantitative estimate of drug-likeness (QED) is 0.640. The van der Waals surface area contributed by atoms with Crippen molar-refractivity contribution in [3.8, 4) is 11.5 Å². The molecular formula is C19H21N3O3S. The highest BCUT2D eigenvalue weighted by atomic mass is 32.2. The van der Waals surface area contributed by atoms with Crippen molar-refractivity contribution in [3.05, 3.63) is 42.5 Å². The van der Waals surface area contributed by atoms with Gasteiger partial charge in [-0.2, -0.15) is 0 Å². The lowest BCUT2D eigenvalue weighted by atomic mass is 10.2. The van der Waals surface area contributed by atoms with Crippen molar-refractivity contribution in [2.45, 2.75) is 18.6 Å². The Morgan fingerprint density at radius 2 is 1.92 bits per heavy atom. The summed E-state index contributed by atoms with van der Waals surface area (Å²) in [6, 6.07) is 13.3. The zero-order valence-corrected chi connectivity index (χ0v) is 15.8. The van der Waals surface area contributed by atoms with E-state index in [4.69, 9.17) is 9.47 Å². The number of ether oxygens (including phenoxy) is 2. The fourth-order valence-corrected chi connectivity index (χ4v) is 3.59. The van der Waals surface area contributed by atoms with E-state index >= 15 is 0 Å². The molecule has 0 fully saturated rings. The van der Waals surface area contributed by atoms with Gasteiger partial charge in [0.15, 0.2) is 16.7 Å². The number of nitrogens with one attached hydrogen (secondary N) is 1. The van der Waals surface area contributed by atoms with Gasteiger partial charge in [-0.25, -0.2) is 4.98 Å². The van der Waals surface area contributed by atoms with E-state index in [-0.39, 0.29) is 11.7 Å². The van der Waals surface area contributed by atoms with Gasteiger partial charge in [0.05, 0.1) is 31.0 Å². The van der Waals surface area contributed by atoms with Crippen LogP contribution in [0.1, 0.15) is 6.92 Å². The summed E-state index contributed by atoms with van der Waals surface area (Å²) in [5, 5.41) is 3.72. The molecule has 0 saturated carbocycles. The van der Waals surface area contributed by atoms with Gasteiger partial charge >= 0.3 is 0 Å². The number of amides is 1. The molecule has 0 aliphatic rings. The number of rotatable bonds is 7. The maximum absolute atomic E-state index is 12.3. The second-order valence-corrected chi connectivity index (χ2v) is 6.48. The van der Waals surface area contributed by atoms with Gasteiger partial charge in [0, 0.05) is 18.3 Å². The van der Waals surface area contributed by atoms with E-state index in [1.54, 1.807) is 32.4 Å². The van der Waals surface area contributed by atoms with Crippen LogP contribution in [0, 0.1) is 0 Å². The van der Waals surface area contributed by atoms with Crippen LogP contribution in [0.2, 0.25) is 0 Å². The van der Waals surface area contributed by atoms with E-state index in [9.17, 15) is 4.79 Å². The summed E-state index contributed by atoms with van der Waals surface area (Å²) >= 11 is 1.43. The third-order valence-corrected chi connectivity index (χ3v) is 4.91. The number of carbonyl (C=O) groups excluding carboxylic acids is 1. The minimum absolute atomic E-state index is 0.100. The summed E-state index contributed by atoms with van der Waals surface area (Å²) in [7, 11) is 3.14. The number of hydrogen-bond acceptors (Lipinski definition) is 5. The lowest BCUT2D eigenvalue weighted by Gasteiger charge is -2.10. The molecule has 0 unspecified atom stereocenters. The van der Waals surface area contributed by atoms with Crippen molar-refractivity contribution in [1.82, 2.24) is 9.55 Å². The van der Waals surface area contributed by atoms with Gasteiger partial charge in [0.1, 0.15) is 0 Å². The molecular weight excluding hydrogens is 350 g/mol. The molecule has 3 aromatic rings. The second kappa shape index (κ2) is 8.14. The number of imidazole rings is 1. The molecule has 26 heavy (non-hydrogen) atoms. The van der Waals surface area contributed by atoms with Gasteiger partial charge in [-0.15, -0.1) is 0 Å². The third kappa shape index (κ3) is 3.77. The average Bonchev–Trinajstić information content (AvgIpc) is 3.03. The Balaban J connectivity index is 1.68. The first kappa shape index (κ1) is 18.1. The highest BCUT2D eigenvalue weighted by Crippen LogP contribution is 2.30. The van der Waals surface area contributed by atoms with E-state index in [2.05, 4.69) is 21.8 Å². The monoisotopic (exact) mass is 371 g/mol. The standard InChI is InChI=1S/C19H21N3O3S/c1-4-22-15-8-6-5-7-14(15)21-19(22)26-12-18(23)20-13-9-10-16(24-2)17(11-13)25-3/h5-11H,4,12H2,1-3H3,(H,20,23). The van der Waals surface area contributed by atoms with Gasteiger partial charge in [0.25, 0.3) is 0 Å². The Morgan fingerprint density at radius 1 is 1.15 bits per heavy atom. The SMILES string of the molecule is CCn1c(SCC(=O)Nc2ccc(OC)c(OC)c2)nc2ccccc21. The number of hydrogen-bond donors (Lipinski definition) is 1. The lowest BCUT2D eigenvalue weighted by Crippen LogP contribution is -2.14. The van der Waals surface area contributed by atoms with Gasteiger partial charge in [0.2, 0.25) is 5.91 Å². The fourth-order valence-electron chi connectivity index (χ4n) is 2.71. The van der Waals surface area contributed by atoms with Crippen LogP contribution in [0.4, 0.5) is 5.69 Å². The molecule has 0 bridgehead atoms. The van der Waals surface area contributed by atoms with Crippen LogP contribution >= 0.6 is 11.8 Å².